The van der Waals surface area contributed by atoms with Crippen LogP contribution in [0.1, 0.15) is 64.5 Å². The zero-order chi connectivity index (χ0) is 30.5. The maximum absolute atomic E-state index is 14.3. The van der Waals surface area contributed by atoms with Crippen molar-refractivity contribution >= 4 is 38.6 Å². The van der Waals surface area contributed by atoms with Crippen molar-refractivity contribution in [3.05, 3.63) is 98.8 Å². The number of para-hydroxylation sites is 1. The minimum absolute atomic E-state index is 0.175. The Hall–Kier alpha value is -4.22. The number of carbonyl (C=O) groups excluding carboxylic acids is 1. The largest absolute Gasteiger partial charge is 0.465 e. The van der Waals surface area contributed by atoms with Crippen LogP contribution in [0.5, 0.6) is 0 Å². The lowest BCUT2D eigenvalue weighted by Gasteiger charge is -2.37. The van der Waals surface area contributed by atoms with Crippen LogP contribution in [-0.2, 0) is 32.1 Å². The van der Waals surface area contributed by atoms with Crippen molar-refractivity contribution in [3.8, 4) is 0 Å². The van der Waals surface area contributed by atoms with E-state index in [-0.39, 0.29) is 17.6 Å². The van der Waals surface area contributed by atoms with Crippen LogP contribution in [0.4, 0.5) is 11.6 Å². The zero-order valence-corrected chi connectivity index (χ0v) is 25.3. The second-order valence-electron chi connectivity index (χ2n) is 11.4. The summed E-state index contributed by atoms with van der Waals surface area (Å²) in [5.41, 5.74) is 5.51. The Kier molecular flexibility index (Phi) is 7.47. The van der Waals surface area contributed by atoms with Crippen LogP contribution in [0.25, 0.3) is 10.9 Å². The maximum atomic E-state index is 14.3. The summed E-state index contributed by atoms with van der Waals surface area (Å²) >= 11 is 0. The molecule has 224 valence electrons. The van der Waals surface area contributed by atoms with Crippen LogP contribution in [-0.4, -0.2) is 43.4 Å². The normalized spacial score (nSPS) is 18.7. The number of benzene rings is 3. The highest BCUT2D eigenvalue weighted by Crippen LogP contribution is 2.39. The van der Waals surface area contributed by atoms with E-state index < -0.39 is 22.2 Å². The van der Waals surface area contributed by atoms with Crippen molar-refractivity contribution < 1.29 is 22.1 Å². The number of carbonyl (C=O) groups is 1. The number of fused-ring (bicyclic) bond motifs is 2. The van der Waals surface area contributed by atoms with Crippen LogP contribution in [0.2, 0.25) is 0 Å². The molecule has 43 heavy (non-hydrogen) atoms. The van der Waals surface area contributed by atoms with Gasteiger partial charge in [0.1, 0.15) is 0 Å². The predicted octanol–water partition coefficient (Wildman–Crippen LogP) is 4.86. The van der Waals surface area contributed by atoms with Gasteiger partial charge in [-0.05, 0) is 61.6 Å². The molecule has 1 unspecified atom stereocenters. The highest BCUT2D eigenvalue weighted by molar-refractivity contribution is 7.86. The number of ether oxygens (including phenoxy) is 1. The molecule has 10 nitrogen and oxygen atoms in total. The third kappa shape index (κ3) is 5.62. The van der Waals surface area contributed by atoms with E-state index in [2.05, 4.69) is 22.3 Å². The molecule has 1 fully saturated rings. The fourth-order valence-corrected chi connectivity index (χ4v) is 6.76. The van der Waals surface area contributed by atoms with Crippen LogP contribution in [0.15, 0.2) is 65.5 Å². The highest BCUT2D eigenvalue weighted by atomic mass is 32.2. The van der Waals surface area contributed by atoms with E-state index in [0.29, 0.717) is 54.0 Å². The summed E-state index contributed by atoms with van der Waals surface area (Å²) in [7, 11) is -2.25. The maximum Gasteiger partial charge on any atom is 0.339 e. The van der Waals surface area contributed by atoms with E-state index in [9.17, 15) is 18.0 Å². The molecule has 0 radical (unpaired) electrons. The van der Waals surface area contributed by atoms with Gasteiger partial charge in [-0.2, -0.15) is 8.42 Å². The molecule has 1 aromatic heterocycles. The Labute approximate surface area is 250 Å². The third-order valence-corrected chi connectivity index (χ3v) is 8.82. The fourth-order valence-electron chi connectivity index (χ4n) is 6.11. The quantitative estimate of drug-likeness (QED) is 0.223. The molecule has 0 amide bonds. The smallest absolute Gasteiger partial charge is 0.339 e. The number of nitrogens with one attached hydrogen (secondary N) is 1. The summed E-state index contributed by atoms with van der Waals surface area (Å²) in [6.45, 7) is 5.11. The number of nitrogens with zero attached hydrogens (tertiary/aromatic N) is 3. The summed E-state index contributed by atoms with van der Waals surface area (Å²) in [4.78, 5) is 34.0. The molecule has 6 rings (SSSR count). The Bertz CT molecular complexity index is 1870. The highest BCUT2D eigenvalue weighted by Gasteiger charge is 2.38. The number of rotatable bonds is 8. The number of aryl methyl sites for hydroxylation is 1. The van der Waals surface area contributed by atoms with Crippen LogP contribution in [0, 0.1) is 6.92 Å². The molecule has 0 spiro atoms. The summed E-state index contributed by atoms with van der Waals surface area (Å²) in [5, 5.41) is 3.92. The molecule has 3 aromatic carbocycles. The second kappa shape index (κ2) is 11.1. The first-order valence-corrected chi connectivity index (χ1v) is 16.0. The molecule has 1 N–H and O–H groups in total. The zero-order valence-electron chi connectivity index (χ0n) is 24.5. The molecule has 2 aliphatic rings. The lowest BCUT2D eigenvalue weighted by molar-refractivity contribution is 0.0601. The Balaban J connectivity index is 1.45. The van der Waals surface area contributed by atoms with E-state index in [4.69, 9.17) is 13.9 Å². The van der Waals surface area contributed by atoms with Gasteiger partial charge in [-0.15, -0.1) is 0 Å². The van der Waals surface area contributed by atoms with E-state index in [1.165, 1.54) is 18.2 Å². The second-order valence-corrected chi connectivity index (χ2v) is 13.0. The molecule has 1 saturated carbocycles. The van der Waals surface area contributed by atoms with Crippen LogP contribution < -0.4 is 15.8 Å². The average molecular weight is 603 g/mol. The van der Waals surface area contributed by atoms with Gasteiger partial charge in [0, 0.05) is 30.4 Å². The van der Waals surface area contributed by atoms with Crippen LogP contribution >= 0.6 is 0 Å². The number of anilines is 2. The standard InChI is InChI=1S/C32H34N4O6S/c1-19-13-26(20(2)33-28-12-8-7-11-25(28)31(38)41-3)29-27(14-19)30(37)36(23-15-24(16-23)42-43(4,39)40)32(34-29)35-17-21-9-5-6-10-22(21)18-35/h5-14,20,23-24,33H,15-18H2,1-4H3. The lowest BCUT2D eigenvalue weighted by Crippen LogP contribution is -2.41. The summed E-state index contributed by atoms with van der Waals surface area (Å²) in [5.74, 6) is 0.101. The van der Waals surface area contributed by atoms with Gasteiger partial charge < -0.3 is 15.0 Å². The van der Waals surface area contributed by atoms with E-state index >= 15 is 0 Å². The van der Waals surface area contributed by atoms with Gasteiger partial charge in [-0.25, -0.2) is 9.78 Å². The molecule has 2 heterocycles. The fraction of sp³-hybridized carbons (Fsp3) is 0.344. The number of aromatic nitrogens is 2. The molecule has 0 saturated heterocycles. The summed E-state index contributed by atoms with van der Waals surface area (Å²) in [6.07, 6.45) is 1.36. The monoisotopic (exact) mass is 602 g/mol. The molecular formula is C32H34N4O6S. The summed E-state index contributed by atoms with van der Waals surface area (Å²) < 4.78 is 35.4. The molecular weight excluding hydrogens is 568 g/mol. The van der Waals surface area contributed by atoms with Crippen molar-refractivity contribution in [1.29, 1.82) is 0 Å². The first-order chi connectivity index (χ1) is 20.5. The molecule has 1 aliphatic carbocycles. The van der Waals surface area contributed by atoms with E-state index in [0.717, 1.165) is 17.4 Å². The van der Waals surface area contributed by atoms with E-state index in [1.807, 2.05) is 50.2 Å². The van der Waals surface area contributed by atoms with Gasteiger partial charge in [-0.1, -0.05) is 42.5 Å². The predicted molar refractivity (Wildman–Crippen MR) is 165 cm³/mol. The van der Waals surface area contributed by atoms with Crippen molar-refractivity contribution in [1.82, 2.24) is 9.55 Å². The molecule has 11 heteroatoms. The number of hydrogen-bond acceptors (Lipinski definition) is 9. The minimum atomic E-state index is -3.60. The average Bonchev–Trinajstić information content (AvgIpc) is 3.38. The number of methoxy groups -OCH3 is 1. The van der Waals surface area contributed by atoms with Crippen molar-refractivity contribution in [2.75, 3.05) is 23.6 Å². The first-order valence-electron chi connectivity index (χ1n) is 14.2. The van der Waals surface area contributed by atoms with Crippen molar-refractivity contribution in [2.24, 2.45) is 0 Å². The number of hydrogen-bond donors (Lipinski definition) is 1. The van der Waals surface area contributed by atoms with Gasteiger partial charge >= 0.3 is 5.97 Å². The molecule has 1 aliphatic heterocycles. The Morgan fingerprint density at radius 1 is 1.05 bits per heavy atom. The molecule has 4 aromatic rings. The topological polar surface area (TPSA) is 120 Å². The number of esters is 1. The SMILES string of the molecule is COC(=O)c1ccccc1NC(C)c1cc(C)cc2c(=O)n(C3CC(OS(C)(=O)=O)C3)c(N3Cc4ccccc4C3)nc12. The Morgan fingerprint density at radius 3 is 2.35 bits per heavy atom. The summed E-state index contributed by atoms with van der Waals surface area (Å²) in [6, 6.07) is 18.6. The lowest BCUT2D eigenvalue weighted by atomic mass is 9.89. The molecule has 1 atom stereocenters. The van der Waals surface area contributed by atoms with Gasteiger partial charge in [-0.3, -0.25) is 13.5 Å². The first kappa shape index (κ1) is 28.9. The van der Waals surface area contributed by atoms with Crippen molar-refractivity contribution in [3.63, 3.8) is 0 Å². The molecule has 0 bridgehead atoms. The third-order valence-electron chi connectivity index (χ3n) is 8.20. The van der Waals surface area contributed by atoms with Crippen molar-refractivity contribution in [2.45, 2.75) is 58.0 Å². The Morgan fingerprint density at radius 2 is 1.70 bits per heavy atom. The van der Waals surface area contributed by atoms with Gasteiger partial charge in [0.2, 0.25) is 5.95 Å². The van der Waals surface area contributed by atoms with Gasteiger partial charge in [0.05, 0.1) is 42.0 Å². The van der Waals surface area contributed by atoms with Crippen LogP contribution in [0.3, 0.4) is 0 Å². The van der Waals surface area contributed by atoms with Gasteiger partial charge in [0.25, 0.3) is 15.7 Å². The van der Waals surface area contributed by atoms with E-state index in [1.54, 1.807) is 16.7 Å². The minimum Gasteiger partial charge on any atom is -0.465 e. The van der Waals surface area contributed by atoms with Gasteiger partial charge in [0.15, 0.2) is 0 Å².